The van der Waals surface area contributed by atoms with Crippen LogP contribution in [-0.2, 0) is 0 Å². The van der Waals surface area contributed by atoms with E-state index < -0.39 is 0 Å². The van der Waals surface area contributed by atoms with Gasteiger partial charge in [0, 0.05) is 16.9 Å². The number of amides is 2. The van der Waals surface area contributed by atoms with Crippen molar-refractivity contribution in [2.75, 3.05) is 10.6 Å². The molecule has 4 aromatic rings. The zero-order chi connectivity index (χ0) is 18.8. The van der Waals surface area contributed by atoms with E-state index >= 15 is 0 Å². The van der Waals surface area contributed by atoms with E-state index in [4.69, 9.17) is 4.98 Å². The van der Waals surface area contributed by atoms with Gasteiger partial charge in [-0.05, 0) is 67.4 Å². The van der Waals surface area contributed by atoms with Gasteiger partial charge in [-0.2, -0.15) is 0 Å². The zero-order valence-electron chi connectivity index (χ0n) is 15.1. The normalized spacial score (nSPS) is 10.7. The Hall–Kier alpha value is -3.18. The number of aromatic nitrogens is 1. The number of hydrogen-bond acceptors (Lipinski definition) is 3. The first-order valence-electron chi connectivity index (χ1n) is 8.70. The Morgan fingerprint density at radius 3 is 2.48 bits per heavy atom. The lowest BCUT2D eigenvalue weighted by atomic mass is 10.2. The minimum atomic E-state index is -0.257. The fourth-order valence-electron chi connectivity index (χ4n) is 2.85. The number of aryl methyl sites for hydroxylation is 2. The number of fused-ring (bicyclic) bond motifs is 1. The maximum atomic E-state index is 12.2. The van der Waals surface area contributed by atoms with Crippen LogP contribution in [0.2, 0.25) is 0 Å². The fraction of sp³-hybridized carbons (Fsp3) is 0.0909. The fourth-order valence-corrected chi connectivity index (χ4v) is 3.92. The Balaban J connectivity index is 1.48. The molecule has 0 aliphatic rings. The van der Waals surface area contributed by atoms with E-state index in [1.54, 1.807) is 11.3 Å². The van der Waals surface area contributed by atoms with Crippen molar-refractivity contribution in [2.45, 2.75) is 13.8 Å². The molecule has 2 amide bonds. The van der Waals surface area contributed by atoms with E-state index in [1.165, 1.54) is 10.3 Å². The van der Waals surface area contributed by atoms with Crippen LogP contribution in [0.15, 0.2) is 66.7 Å². The summed E-state index contributed by atoms with van der Waals surface area (Å²) in [7, 11) is 0. The third-order valence-corrected chi connectivity index (χ3v) is 5.39. The van der Waals surface area contributed by atoms with Crippen LogP contribution < -0.4 is 10.6 Å². The molecule has 0 spiro atoms. The number of para-hydroxylation sites is 1. The summed E-state index contributed by atoms with van der Waals surface area (Å²) in [4.78, 5) is 16.9. The molecule has 5 heteroatoms. The maximum absolute atomic E-state index is 12.2. The molecule has 0 saturated carbocycles. The molecule has 4 nitrogen and oxygen atoms in total. The molecule has 134 valence electrons. The predicted molar refractivity (Wildman–Crippen MR) is 114 cm³/mol. The molecule has 1 heterocycles. The van der Waals surface area contributed by atoms with Crippen LogP contribution in [0.4, 0.5) is 16.2 Å². The molecule has 0 aliphatic heterocycles. The highest BCUT2D eigenvalue weighted by molar-refractivity contribution is 7.21. The average molecular weight is 373 g/mol. The maximum Gasteiger partial charge on any atom is 0.323 e. The first-order chi connectivity index (χ1) is 13.1. The molecule has 4 rings (SSSR count). The Bertz CT molecular complexity index is 1120. The number of thiazole rings is 1. The monoisotopic (exact) mass is 373 g/mol. The lowest BCUT2D eigenvalue weighted by molar-refractivity contribution is 0.262. The van der Waals surface area contributed by atoms with E-state index in [0.717, 1.165) is 33.0 Å². The number of carbonyl (C=O) groups is 1. The smallest absolute Gasteiger partial charge is 0.308 e. The van der Waals surface area contributed by atoms with Crippen LogP contribution in [0.3, 0.4) is 0 Å². The van der Waals surface area contributed by atoms with Crippen molar-refractivity contribution in [3.05, 3.63) is 77.9 Å². The van der Waals surface area contributed by atoms with Crippen molar-refractivity contribution < 1.29 is 4.79 Å². The quantitative estimate of drug-likeness (QED) is 0.447. The van der Waals surface area contributed by atoms with Crippen LogP contribution >= 0.6 is 11.3 Å². The van der Waals surface area contributed by atoms with Gasteiger partial charge < -0.3 is 10.6 Å². The molecule has 0 atom stereocenters. The third kappa shape index (κ3) is 3.83. The molecule has 0 saturated heterocycles. The number of benzene rings is 3. The molecule has 27 heavy (non-hydrogen) atoms. The summed E-state index contributed by atoms with van der Waals surface area (Å²) in [5.41, 5.74) is 5.85. The SMILES string of the molecule is Cc1ccc2nc(-c3ccc(NC(=O)Nc4ccccc4C)cc3)sc2c1. The summed E-state index contributed by atoms with van der Waals surface area (Å²) >= 11 is 1.68. The molecular formula is C22H19N3OS. The second kappa shape index (κ2) is 7.21. The highest BCUT2D eigenvalue weighted by atomic mass is 32.1. The van der Waals surface area contributed by atoms with Crippen LogP contribution in [0, 0.1) is 13.8 Å². The molecule has 3 aromatic carbocycles. The number of nitrogens with one attached hydrogen (secondary N) is 2. The Morgan fingerprint density at radius 2 is 1.70 bits per heavy atom. The van der Waals surface area contributed by atoms with Crippen molar-refractivity contribution in [3.63, 3.8) is 0 Å². The third-order valence-electron chi connectivity index (χ3n) is 4.33. The molecular weight excluding hydrogens is 354 g/mol. The van der Waals surface area contributed by atoms with Gasteiger partial charge in [-0.15, -0.1) is 11.3 Å². The van der Waals surface area contributed by atoms with Crippen LogP contribution in [-0.4, -0.2) is 11.0 Å². The molecule has 1 aromatic heterocycles. The van der Waals surface area contributed by atoms with Crippen LogP contribution in [0.1, 0.15) is 11.1 Å². The summed E-state index contributed by atoms with van der Waals surface area (Å²) < 4.78 is 1.19. The topological polar surface area (TPSA) is 54.0 Å². The summed E-state index contributed by atoms with van der Waals surface area (Å²) in [5, 5.41) is 6.71. The Morgan fingerprint density at radius 1 is 0.926 bits per heavy atom. The standard InChI is InChI=1S/C22H19N3OS/c1-14-7-12-19-20(13-14)27-21(24-19)16-8-10-17(11-9-16)23-22(26)25-18-6-4-3-5-15(18)2/h3-13H,1-2H3,(H2,23,25,26). The highest BCUT2D eigenvalue weighted by Crippen LogP contribution is 2.31. The number of rotatable bonds is 3. The molecule has 0 unspecified atom stereocenters. The second-order valence-electron chi connectivity index (χ2n) is 6.46. The minimum absolute atomic E-state index is 0.257. The van der Waals surface area contributed by atoms with Gasteiger partial charge in [0.2, 0.25) is 0 Å². The van der Waals surface area contributed by atoms with Gasteiger partial charge in [0.1, 0.15) is 5.01 Å². The summed E-state index contributed by atoms with van der Waals surface area (Å²) in [6.45, 7) is 4.05. The molecule has 0 bridgehead atoms. The van der Waals surface area contributed by atoms with Crippen molar-refractivity contribution >= 4 is 39.0 Å². The van der Waals surface area contributed by atoms with Crippen molar-refractivity contribution in [1.29, 1.82) is 0 Å². The van der Waals surface area contributed by atoms with Gasteiger partial charge in [-0.25, -0.2) is 9.78 Å². The van der Waals surface area contributed by atoms with Gasteiger partial charge >= 0.3 is 6.03 Å². The van der Waals surface area contributed by atoms with Gasteiger partial charge in [0.25, 0.3) is 0 Å². The Labute approximate surface area is 161 Å². The van der Waals surface area contributed by atoms with Crippen LogP contribution in [0.25, 0.3) is 20.8 Å². The molecule has 0 aliphatic carbocycles. The first-order valence-corrected chi connectivity index (χ1v) is 9.51. The molecule has 2 N–H and O–H groups in total. The van der Waals surface area contributed by atoms with Crippen molar-refractivity contribution in [2.24, 2.45) is 0 Å². The summed E-state index contributed by atoms with van der Waals surface area (Å²) in [6, 6.07) is 21.5. The summed E-state index contributed by atoms with van der Waals surface area (Å²) in [6.07, 6.45) is 0. The zero-order valence-corrected chi connectivity index (χ0v) is 15.9. The van der Waals surface area contributed by atoms with Gasteiger partial charge in [-0.3, -0.25) is 0 Å². The van der Waals surface area contributed by atoms with Crippen LogP contribution in [0.5, 0.6) is 0 Å². The highest BCUT2D eigenvalue weighted by Gasteiger charge is 2.08. The number of anilines is 2. The average Bonchev–Trinajstić information content (AvgIpc) is 3.07. The second-order valence-corrected chi connectivity index (χ2v) is 7.49. The van der Waals surface area contributed by atoms with Gasteiger partial charge in [-0.1, -0.05) is 24.3 Å². The van der Waals surface area contributed by atoms with Gasteiger partial charge in [0.05, 0.1) is 10.2 Å². The molecule has 0 fully saturated rings. The van der Waals surface area contributed by atoms with Gasteiger partial charge in [0.15, 0.2) is 0 Å². The number of hydrogen-bond donors (Lipinski definition) is 2. The largest absolute Gasteiger partial charge is 0.323 e. The minimum Gasteiger partial charge on any atom is -0.308 e. The summed E-state index contributed by atoms with van der Waals surface area (Å²) in [5.74, 6) is 0. The number of carbonyl (C=O) groups excluding carboxylic acids is 1. The Kier molecular flexibility index (Phi) is 4.60. The van der Waals surface area contributed by atoms with Crippen molar-refractivity contribution in [1.82, 2.24) is 4.98 Å². The first kappa shape index (κ1) is 17.2. The van der Waals surface area contributed by atoms with E-state index in [2.05, 4.69) is 35.8 Å². The molecule has 0 radical (unpaired) electrons. The van der Waals surface area contributed by atoms with E-state index in [1.807, 2.05) is 55.5 Å². The predicted octanol–water partition coefficient (Wildman–Crippen LogP) is 6.22. The lowest BCUT2D eigenvalue weighted by Gasteiger charge is -2.10. The van der Waals surface area contributed by atoms with Crippen molar-refractivity contribution in [3.8, 4) is 10.6 Å². The van der Waals surface area contributed by atoms with E-state index in [9.17, 15) is 4.79 Å². The van der Waals surface area contributed by atoms with E-state index in [0.29, 0.717) is 0 Å². The number of nitrogens with zero attached hydrogens (tertiary/aromatic N) is 1. The number of urea groups is 1. The van der Waals surface area contributed by atoms with E-state index in [-0.39, 0.29) is 6.03 Å². The lowest BCUT2D eigenvalue weighted by Crippen LogP contribution is -2.19.